The number of anilines is 1. The third-order valence-corrected chi connectivity index (χ3v) is 5.54. The zero-order valence-corrected chi connectivity index (χ0v) is 19.3. The lowest BCUT2D eigenvalue weighted by Gasteiger charge is -2.14. The Kier molecular flexibility index (Phi) is 7.07. The zero-order chi connectivity index (χ0) is 24.0. The lowest BCUT2D eigenvalue weighted by atomic mass is 10.0. The monoisotopic (exact) mass is 480 g/mol. The third kappa shape index (κ3) is 6.32. The highest BCUT2D eigenvalue weighted by molar-refractivity contribution is 7.92. The summed E-state index contributed by atoms with van der Waals surface area (Å²) < 4.78 is 31.0. The second-order valence-corrected chi connectivity index (χ2v) is 9.50. The lowest BCUT2D eigenvalue weighted by molar-refractivity contribution is 0.0472. The molecule has 1 aromatic heterocycles. The van der Waals surface area contributed by atoms with E-state index >= 15 is 0 Å². The highest BCUT2D eigenvalue weighted by Crippen LogP contribution is 2.30. The predicted octanol–water partition coefficient (Wildman–Crippen LogP) is 3.07. The first-order valence-electron chi connectivity index (χ1n) is 10.6. The van der Waals surface area contributed by atoms with Crippen molar-refractivity contribution in [2.75, 3.05) is 24.1 Å². The van der Waals surface area contributed by atoms with Crippen LogP contribution in [0.1, 0.15) is 16.8 Å². The van der Waals surface area contributed by atoms with Gasteiger partial charge in [0.1, 0.15) is 18.2 Å². The Morgan fingerprint density at radius 3 is 2.68 bits per heavy atom. The second kappa shape index (κ2) is 10.3. The van der Waals surface area contributed by atoms with Crippen LogP contribution in [0.2, 0.25) is 0 Å². The quantitative estimate of drug-likeness (QED) is 0.486. The number of oxime groups is 1. The van der Waals surface area contributed by atoms with E-state index in [1.807, 2.05) is 54.6 Å². The van der Waals surface area contributed by atoms with Gasteiger partial charge in [-0.3, -0.25) is 9.52 Å². The van der Waals surface area contributed by atoms with E-state index in [1.165, 1.54) is 18.3 Å². The number of ether oxygens (including phenoxy) is 1. The smallest absolute Gasteiger partial charge is 0.251 e. The van der Waals surface area contributed by atoms with E-state index in [2.05, 4.69) is 20.2 Å². The van der Waals surface area contributed by atoms with E-state index in [0.717, 1.165) is 23.1 Å². The second-order valence-electron chi connectivity index (χ2n) is 7.75. The van der Waals surface area contributed by atoms with Crippen molar-refractivity contribution in [3.63, 3.8) is 0 Å². The molecule has 0 fully saturated rings. The third-order valence-electron chi connectivity index (χ3n) is 4.96. The Bertz CT molecular complexity index is 1300. The Labute approximate surface area is 197 Å². The summed E-state index contributed by atoms with van der Waals surface area (Å²) in [5, 5.41) is 6.82. The molecule has 3 aromatic rings. The van der Waals surface area contributed by atoms with E-state index in [-0.39, 0.29) is 29.9 Å². The standard InChI is InChI=1S/C24H24N4O5S/c1-34(30,31)28-23-13-18(11-12-25-23)24(29)26-15-19-14-20(33-27-19)16-32-22-10-6-5-9-21(22)17-7-3-2-4-8-17/h2-13,20H,14-16H2,1H3,(H,25,28)(H,26,29). The number of carbonyl (C=O) groups is 1. The molecule has 0 bridgehead atoms. The van der Waals surface area contributed by atoms with Crippen molar-refractivity contribution in [1.82, 2.24) is 10.3 Å². The number of rotatable bonds is 9. The molecular weight excluding hydrogens is 456 g/mol. The molecule has 1 unspecified atom stereocenters. The van der Waals surface area contributed by atoms with Crippen LogP contribution >= 0.6 is 0 Å². The molecule has 9 nitrogen and oxygen atoms in total. The molecule has 10 heteroatoms. The molecule has 1 atom stereocenters. The SMILES string of the molecule is CS(=O)(=O)Nc1cc(C(=O)NCC2=NOC(COc3ccccc3-c3ccccc3)C2)ccn1. The van der Waals surface area contributed by atoms with Gasteiger partial charge in [0.05, 0.1) is 18.5 Å². The van der Waals surface area contributed by atoms with Gasteiger partial charge in [0.15, 0.2) is 6.10 Å². The van der Waals surface area contributed by atoms with Gasteiger partial charge >= 0.3 is 0 Å². The normalized spacial score (nSPS) is 15.2. The summed E-state index contributed by atoms with van der Waals surface area (Å²) in [5.41, 5.74) is 3.02. The zero-order valence-electron chi connectivity index (χ0n) is 18.5. The number of hydrogen-bond acceptors (Lipinski definition) is 7. The van der Waals surface area contributed by atoms with Crippen LogP contribution in [0, 0.1) is 0 Å². The maximum absolute atomic E-state index is 12.4. The summed E-state index contributed by atoms with van der Waals surface area (Å²) >= 11 is 0. The van der Waals surface area contributed by atoms with Crippen molar-refractivity contribution in [3.05, 3.63) is 78.5 Å². The van der Waals surface area contributed by atoms with E-state index in [0.29, 0.717) is 18.7 Å². The van der Waals surface area contributed by atoms with Crippen LogP contribution < -0.4 is 14.8 Å². The van der Waals surface area contributed by atoms with Gasteiger partial charge < -0.3 is 14.9 Å². The fraction of sp³-hybridized carbons (Fsp3) is 0.208. The van der Waals surface area contributed by atoms with Crippen LogP contribution in [0.25, 0.3) is 11.1 Å². The minimum Gasteiger partial charge on any atom is -0.489 e. The number of carbonyl (C=O) groups excluding carboxylic acids is 1. The minimum absolute atomic E-state index is 0.0738. The summed E-state index contributed by atoms with van der Waals surface area (Å²) in [4.78, 5) is 21.8. The average molecular weight is 481 g/mol. The Morgan fingerprint density at radius 1 is 1.12 bits per heavy atom. The molecule has 176 valence electrons. The molecule has 1 amide bonds. The van der Waals surface area contributed by atoms with E-state index in [4.69, 9.17) is 9.57 Å². The maximum atomic E-state index is 12.4. The van der Waals surface area contributed by atoms with Crippen molar-refractivity contribution in [3.8, 4) is 16.9 Å². The van der Waals surface area contributed by atoms with Crippen molar-refractivity contribution in [2.45, 2.75) is 12.5 Å². The number of sulfonamides is 1. The first-order valence-corrected chi connectivity index (χ1v) is 12.5. The molecule has 34 heavy (non-hydrogen) atoms. The highest BCUT2D eigenvalue weighted by Gasteiger charge is 2.23. The fourth-order valence-electron chi connectivity index (χ4n) is 3.41. The first-order chi connectivity index (χ1) is 16.4. The fourth-order valence-corrected chi connectivity index (χ4v) is 3.91. The predicted molar refractivity (Wildman–Crippen MR) is 129 cm³/mol. The van der Waals surface area contributed by atoms with Gasteiger partial charge in [-0.05, 0) is 23.8 Å². The summed E-state index contributed by atoms with van der Waals surface area (Å²) in [5.74, 6) is 0.457. The molecule has 0 radical (unpaired) electrons. The van der Waals surface area contributed by atoms with E-state index < -0.39 is 10.0 Å². The van der Waals surface area contributed by atoms with Gasteiger partial charge in [-0.25, -0.2) is 13.4 Å². The molecule has 0 spiro atoms. The highest BCUT2D eigenvalue weighted by atomic mass is 32.2. The molecule has 0 aliphatic carbocycles. The number of hydrogen-bond donors (Lipinski definition) is 2. The summed E-state index contributed by atoms with van der Waals surface area (Å²) in [7, 11) is -3.49. The van der Waals surface area contributed by atoms with Gasteiger partial charge in [-0.2, -0.15) is 0 Å². The van der Waals surface area contributed by atoms with Gasteiger partial charge in [-0.15, -0.1) is 0 Å². The Balaban J connectivity index is 1.28. The van der Waals surface area contributed by atoms with Crippen molar-refractivity contribution >= 4 is 27.5 Å². The lowest BCUT2D eigenvalue weighted by Crippen LogP contribution is -2.30. The number of aromatic nitrogens is 1. The van der Waals surface area contributed by atoms with E-state index in [9.17, 15) is 13.2 Å². The number of nitrogens with zero attached hydrogens (tertiary/aromatic N) is 2. The largest absolute Gasteiger partial charge is 0.489 e. The Morgan fingerprint density at radius 2 is 1.88 bits per heavy atom. The van der Waals surface area contributed by atoms with Crippen LogP contribution in [-0.4, -0.2) is 50.5 Å². The summed E-state index contributed by atoms with van der Waals surface area (Å²) in [6.45, 7) is 0.517. The first kappa shape index (κ1) is 23.2. The van der Waals surface area contributed by atoms with Gasteiger partial charge in [-0.1, -0.05) is 53.7 Å². The van der Waals surface area contributed by atoms with Gasteiger partial charge in [0.25, 0.3) is 5.91 Å². The topological polar surface area (TPSA) is 119 Å². The molecule has 2 heterocycles. The molecule has 1 aliphatic rings. The molecule has 2 N–H and O–H groups in total. The Hall–Kier alpha value is -3.92. The van der Waals surface area contributed by atoms with Crippen molar-refractivity contribution < 1.29 is 22.8 Å². The molecule has 1 aliphatic heterocycles. The molecule has 0 saturated heterocycles. The van der Waals surface area contributed by atoms with Crippen LogP contribution in [0.5, 0.6) is 5.75 Å². The molecular formula is C24H24N4O5S. The van der Waals surface area contributed by atoms with Crippen LogP contribution in [0.3, 0.4) is 0 Å². The van der Waals surface area contributed by atoms with Crippen LogP contribution in [-0.2, 0) is 14.9 Å². The number of amides is 1. The molecule has 2 aromatic carbocycles. The van der Waals surface area contributed by atoms with Gasteiger partial charge in [0, 0.05) is 23.7 Å². The van der Waals surface area contributed by atoms with E-state index in [1.54, 1.807) is 0 Å². The molecule has 0 saturated carbocycles. The van der Waals surface area contributed by atoms with Crippen LogP contribution in [0.4, 0.5) is 5.82 Å². The van der Waals surface area contributed by atoms with Crippen molar-refractivity contribution in [2.24, 2.45) is 5.16 Å². The maximum Gasteiger partial charge on any atom is 0.251 e. The summed E-state index contributed by atoms with van der Waals surface area (Å²) in [6.07, 6.45) is 2.63. The van der Waals surface area contributed by atoms with Gasteiger partial charge in [0.2, 0.25) is 10.0 Å². The number of benzene rings is 2. The average Bonchev–Trinajstić information content (AvgIpc) is 3.29. The number of para-hydroxylation sites is 1. The van der Waals surface area contributed by atoms with Crippen molar-refractivity contribution in [1.29, 1.82) is 0 Å². The molecule has 4 rings (SSSR count). The summed E-state index contributed by atoms with van der Waals surface area (Å²) in [6, 6.07) is 20.7. The number of pyridine rings is 1. The minimum atomic E-state index is -3.49. The van der Waals surface area contributed by atoms with Crippen LogP contribution in [0.15, 0.2) is 78.1 Å². The number of nitrogens with one attached hydrogen (secondary N) is 2.